The molecule has 146 valence electrons. The number of benzene rings is 2. The van der Waals surface area contributed by atoms with Gasteiger partial charge in [0, 0.05) is 29.1 Å². The van der Waals surface area contributed by atoms with Crippen molar-refractivity contribution in [1.82, 2.24) is 9.78 Å². The van der Waals surface area contributed by atoms with Crippen LogP contribution in [-0.2, 0) is 0 Å². The zero-order chi connectivity index (χ0) is 21.1. The van der Waals surface area contributed by atoms with Gasteiger partial charge in [0.1, 0.15) is 5.69 Å². The zero-order valence-corrected chi connectivity index (χ0v) is 15.6. The Balaban J connectivity index is 1.99. The van der Waals surface area contributed by atoms with Crippen molar-refractivity contribution in [3.63, 3.8) is 0 Å². The molecule has 0 radical (unpaired) electrons. The van der Waals surface area contributed by atoms with Crippen molar-refractivity contribution >= 4 is 23.1 Å². The maximum Gasteiger partial charge on any atom is 0.294 e. The van der Waals surface area contributed by atoms with Gasteiger partial charge in [-0.1, -0.05) is 12.1 Å². The Morgan fingerprint density at radius 2 is 1.76 bits per heavy atom. The van der Waals surface area contributed by atoms with Gasteiger partial charge in [-0.15, -0.1) is 0 Å². The minimum absolute atomic E-state index is 0.115. The number of rotatable bonds is 5. The third-order valence-electron chi connectivity index (χ3n) is 4.18. The summed E-state index contributed by atoms with van der Waals surface area (Å²) in [5.74, 6) is -0.881. The number of hydrogen-bond donors (Lipinski definition) is 1. The molecule has 9 nitrogen and oxygen atoms in total. The summed E-state index contributed by atoms with van der Waals surface area (Å²) in [6.45, 7) is 2.99. The molecule has 1 amide bonds. The second-order valence-electron chi connectivity index (χ2n) is 6.24. The molecule has 0 saturated heterocycles. The van der Waals surface area contributed by atoms with Crippen molar-refractivity contribution in [1.29, 1.82) is 0 Å². The Bertz CT molecular complexity index is 1180. The number of hydrogen-bond acceptors (Lipinski definition) is 6. The minimum atomic E-state index is -0.766. The number of aryl methyl sites for hydroxylation is 1. The van der Waals surface area contributed by atoms with Crippen LogP contribution in [0.25, 0.3) is 5.69 Å². The van der Waals surface area contributed by atoms with Crippen molar-refractivity contribution in [2.24, 2.45) is 0 Å². The topological polar surface area (TPSA) is 124 Å². The van der Waals surface area contributed by atoms with Gasteiger partial charge in [-0.3, -0.25) is 24.5 Å². The number of para-hydroxylation sites is 2. The molecule has 0 aliphatic heterocycles. The first-order valence-corrected chi connectivity index (χ1v) is 8.55. The van der Waals surface area contributed by atoms with Crippen molar-refractivity contribution < 1.29 is 14.5 Å². The maximum absolute atomic E-state index is 12.6. The summed E-state index contributed by atoms with van der Waals surface area (Å²) in [5.41, 5.74) is 0.0910. The quantitative estimate of drug-likeness (QED) is 0.404. The van der Waals surface area contributed by atoms with Gasteiger partial charge in [-0.05, 0) is 44.2 Å². The summed E-state index contributed by atoms with van der Waals surface area (Å²) in [6.07, 6.45) is 0. The molecule has 3 aromatic rings. The highest BCUT2D eigenvalue weighted by Gasteiger charge is 2.20. The highest BCUT2D eigenvalue weighted by Crippen LogP contribution is 2.22. The number of anilines is 1. The van der Waals surface area contributed by atoms with E-state index in [9.17, 15) is 24.5 Å². The van der Waals surface area contributed by atoms with Gasteiger partial charge in [0.2, 0.25) is 5.43 Å². The highest BCUT2D eigenvalue weighted by atomic mass is 16.6. The lowest BCUT2D eigenvalue weighted by atomic mass is 10.1. The molecule has 3 rings (SSSR count). The van der Waals surface area contributed by atoms with Crippen LogP contribution in [0.5, 0.6) is 0 Å². The van der Waals surface area contributed by atoms with E-state index in [-0.39, 0.29) is 17.2 Å². The Labute approximate surface area is 164 Å². The van der Waals surface area contributed by atoms with Crippen LogP contribution in [0.3, 0.4) is 0 Å². The first-order chi connectivity index (χ1) is 13.8. The molecule has 29 heavy (non-hydrogen) atoms. The molecule has 1 N–H and O–H groups in total. The second-order valence-corrected chi connectivity index (χ2v) is 6.24. The Hall–Kier alpha value is -4.14. The fourth-order valence-corrected chi connectivity index (χ4v) is 2.72. The van der Waals surface area contributed by atoms with Gasteiger partial charge in [-0.25, -0.2) is 4.68 Å². The minimum Gasteiger partial charge on any atom is -0.320 e. The van der Waals surface area contributed by atoms with Crippen LogP contribution >= 0.6 is 0 Å². The lowest BCUT2D eigenvalue weighted by molar-refractivity contribution is -0.384. The van der Waals surface area contributed by atoms with E-state index in [0.717, 1.165) is 0 Å². The predicted octanol–water partition coefficient (Wildman–Crippen LogP) is 2.90. The molecule has 1 aromatic heterocycles. The molecular formula is C20H16N4O5. The van der Waals surface area contributed by atoms with Gasteiger partial charge in [0.05, 0.1) is 4.92 Å². The first kappa shape index (κ1) is 19.6. The van der Waals surface area contributed by atoms with Crippen molar-refractivity contribution in [3.8, 4) is 5.69 Å². The maximum atomic E-state index is 12.6. The van der Waals surface area contributed by atoms with E-state index in [0.29, 0.717) is 16.9 Å². The summed E-state index contributed by atoms with van der Waals surface area (Å²) < 4.78 is 1.19. The van der Waals surface area contributed by atoms with Crippen LogP contribution in [0, 0.1) is 17.0 Å². The number of Topliss-reactive ketones (excluding diaryl/α,β-unsaturated/α-hetero) is 1. The van der Waals surface area contributed by atoms with Crippen molar-refractivity contribution in [2.45, 2.75) is 13.8 Å². The molecular weight excluding hydrogens is 376 g/mol. The summed E-state index contributed by atoms with van der Waals surface area (Å²) in [5, 5.41) is 17.9. The van der Waals surface area contributed by atoms with E-state index in [1.807, 2.05) is 0 Å². The summed E-state index contributed by atoms with van der Waals surface area (Å²) in [4.78, 5) is 47.0. The predicted molar refractivity (Wildman–Crippen MR) is 106 cm³/mol. The van der Waals surface area contributed by atoms with Crippen LogP contribution < -0.4 is 10.7 Å². The number of amides is 1. The van der Waals surface area contributed by atoms with Gasteiger partial charge in [-0.2, -0.15) is 5.10 Å². The summed E-state index contributed by atoms with van der Waals surface area (Å²) in [7, 11) is 0. The lowest BCUT2D eigenvalue weighted by Gasteiger charge is -2.11. The number of nitrogens with zero attached hydrogens (tertiary/aromatic N) is 3. The monoisotopic (exact) mass is 392 g/mol. The van der Waals surface area contributed by atoms with Gasteiger partial charge < -0.3 is 5.32 Å². The summed E-state index contributed by atoms with van der Waals surface area (Å²) in [6, 6.07) is 13.2. The third kappa shape index (κ3) is 4.08. The van der Waals surface area contributed by atoms with E-state index in [1.165, 1.54) is 48.0 Å². The number of nitro groups is 1. The number of nitrogens with one attached hydrogen (secondary N) is 1. The van der Waals surface area contributed by atoms with Crippen LogP contribution in [0.15, 0.2) is 59.4 Å². The largest absolute Gasteiger partial charge is 0.320 e. The Kier molecular flexibility index (Phi) is 5.31. The summed E-state index contributed by atoms with van der Waals surface area (Å²) >= 11 is 0. The average molecular weight is 392 g/mol. The highest BCUT2D eigenvalue weighted by molar-refractivity contribution is 6.03. The number of carbonyl (C=O) groups excluding carboxylic acids is 2. The molecule has 0 fully saturated rings. The molecule has 0 unspecified atom stereocenters. The third-order valence-corrected chi connectivity index (χ3v) is 4.18. The molecule has 0 aliphatic rings. The molecule has 0 spiro atoms. The molecule has 0 aliphatic carbocycles. The lowest BCUT2D eigenvalue weighted by Crippen LogP contribution is -2.27. The van der Waals surface area contributed by atoms with Gasteiger partial charge in [0.15, 0.2) is 11.5 Å². The second kappa shape index (κ2) is 7.85. The van der Waals surface area contributed by atoms with Crippen molar-refractivity contribution in [2.75, 3.05) is 5.32 Å². The van der Waals surface area contributed by atoms with E-state index in [2.05, 4.69) is 10.4 Å². The SMILES string of the molecule is CC(=O)c1ccc(NC(=O)c2nn(-c3ccccc3[N+](=O)[O-])c(C)cc2=O)cc1. The number of carbonyl (C=O) groups is 2. The van der Waals surface area contributed by atoms with E-state index < -0.39 is 22.0 Å². The fraction of sp³-hybridized carbons (Fsp3) is 0.100. The normalized spacial score (nSPS) is 10.4. The number of aromatic nitrogens is 2. The average Bonchev–Trinajstić information content (AvgIpc) is 2.68. The van der Waals surface area contributed by atoms with E-state index >= 15 is 0 Å². The zero-order valence-electron chi connectivity index (χ0n) is 15.6. The van der Waals surface area contributed by atoms with Crippen molar-refractivity contribution in [3.05, 3.63) is 91.9 Å². The molecule has 1 heterocycles. The molecule has 9 heteroatoms. The number of nitro benzene ring substituents is 1. The standard InChI is InChI=1S/C20H16N4O5/c1-12-11-18(26)19(20(27)21-15-9-7-14(8-10-15)13(2)25)22-23(12)16-5-3-4-6-17(16)24(28)29/h3-11H,1-2H3,(H,21,27). The van der Waals surface area contributed by atoms with Crippen LogP contribution in [0.1, 0.15) is 33.5 Å². The molecule has 0 bridgehead atoms. The number of ketones is 1. The Morgan fingerprint density at radius 1 is 1.10 bits per heavy atom. The van der Waals surface area contributed by atoms with Gasteiger partial charge in [0.25, 0.3) is 11.6 Å². The van der Waals surface area contributed by atoms with E-state index in [4.69, 9.17) is 0 Å². The van der Waals surface area contributed by atoms with Crippen LogP contribution in [0.2, 0.25) is 0 Å². The molecule has 2 aromatic carbocycles. The van der Waals surface area contributed by atoms with Crippen LogP contribution in [0.4, 0.5) is 11.4 Å². The smallest absolute Gasteiger partial charge is 0.294 e. The molecule has 0 atom stereocenters. The van der Waals surface area contributed by atoms with Gasteiger partial charge >= 0.3 is 0 Å². The van der Waals surface area contributed by atoms with Crippen LogP contribution in [-0.4, -0.2) is 26.4 Å². The van der Waals surface area contributed by atoms with E-state index in [1.54, 1.807) is 25.1 Å². The Morgan fingerprint density at radius 3 is 2.38 bits per heavy atom. The fourth-order valence-electron chi connectivity index (χ4n) is 2.72. The molecule has 0 saturated carbocycles. The first-order valence-electron chi connectivity index (χ1n) is 8.55.